The minimum absolute atomic E-state index is 0.368. The molecule has 0 aliphatic heterocycles. The molecule has 1 heterocycles. The van der Waals surface area contributed by atoms with E-state index in [0.29, 0.717) is 29.0 Å². The number of carbonyl (C=O) groups is 1. The number of nitrogens with zero attached hydrogens (tertiary/aromatic N) is 1. The number of hydrogen-bond acceptors (Lipinski definition) is 3. The summed E-state index contributed by atoms with van der Waals surface area (Å²) in [4.78, 5) is 23.8. The smallest absolute Gasteiger partial charge is 0.408 e. The number of allylic oxidation sites excluding steroid dienone is 1. The van der Waals surface area contributed by atoms with E-state index in [1.54, 1.807) is 24.3 Å². The predicted octanol–water partition coefficient (Wildman–Crippen LogP) is 3.73. The summed E-state index contributed by atoms with van der Waals surface area (Å²) < 4.78 is 6.66. The molecule has 0 fully saturated rings. The Kier molecular flexibility index (Phi) is 4.20. The SMILES string of the molecule is C=CCn1c(=O)oc2cc(NC(=O)Nc3ccc(C)cc3)ccc21. The topological polar surface area (TPSA) is 76.3 Å². The third-order valence-corrected chi connectivity index (χ3v) is 3.55. The number of hydrogen-bond donors (Lipinski definition) is 2. The van der Waals surface area contributed by atoms with Gasteiger partial charge in [0.25, 0.3) is 0 Å². The molecule has 0 spiro atoms. The number of fused-ring (bicyclic) bond motifs is 1. The highest BCUT2D eigenvalue weighted by atomic mass is 16.4. The Labute approximate surface area is 138 Å². The number of urea groups is 1. The summed E-state index contributed by atoms with van der Waals surface area (Å²) in [6.45, 7) is 5.96. The molecule has 122 valence electrons. The first-order valence-corrected chi connectivity index (χ1v) is 7.46. The molecular formula is C18H17N3O3. The number of anilines is 2. The maximum absolute atomic E-state index is 12.0. The number of oxazole rings is 1. The summed E-state index contributed by atoms with van der Waals surface area (Å²) in [6, 6.07) is 12.2. The molecule has 2 N–H and O–H groups in total. The molecule has 6 heteroatoms. The van der Waals surface area contributed by atoms with Gasteiger partial charge in [-0.1, -0.05) is 23.8 Å². The van der Waals surface area contributed by atoms with Gasteiger partial charge in [0.2, 0.25) is 0 Å². The van der Waals surface area contributed by atoms with Crippen LogP contribution >= 0.6 is 0 Å². The Bertz CT molecular complexity index is 952. The minimum Gasteiger partial charge on any atom is -0.408 e. The molecule has 0 saturated heterocycles. The van der Waals surface area contributed by atoms with Crippen LogP contribution in [-0.2, 0) is 6.54 Å². The van der Waals surface area contributed by atoms with Crippen molar-refractivity contribution in [2.45, 2.75) is 13.5 Å². The number of aromatic nitrogens is 1. The first-order valence-electron chi connectivity index (χ1n) is 7.46. The summed E-state index contributed by atoms with van der Waals surface area (Å²) in [6.07, 6.45) is 1.62. The minimum atomic E-state index is -0.453. The lowest BCUT2D eigenvalue weighted by Crippen LogP contribution is -2.19. The van der Waals surface area contributed by atoms with E-state index in [-0.39, 0.29) is 6.03 Å². The number of nitrogens with one attached hydrogen (secondary N) is 2. The molecule has 0 aliphatic carbocycles. The largest absolute Gasteiger partial charge is 0.420 e. The van der Waals surface area contributed by atoms with E-state index in [1.807, 2.05) is 31.2 Å². The number of benzene rings is 2. The van der Waals surface area contributed by atoms with Crippen LogP contribution in [-0.4, -0.2) is 10.6 Å². The van der Waals surface area contributed by atoms with Crippen LogP contribution in [0.25, 0.3) is 11.1 Å². The molecule has 0 atom stereocenters. The van der Waals surface area contributed by atoms with Gasteiger partial charge in [-0.2, -0.15) is 0 Å². The van der Waals surface area contributed by atoms with Gasteiger partial charge in [-0.05, 0) is 31.2 Å². The fourth-order valence-corrected chi connectivity index (χ4v) is 2.38. The Morgan fingerprint density at radius 2 is 1.83 bits per heavy atom. The van der Waals surface area contributed by atoms with Crippen LogP contribution in [0.5, 0.6) is 0 Å². The van der Waals surface area contributed by atoms with Crippen LogP contribution in [0.15, 0.2) is 64.3 Å². The molecule has 6 nitrogen and oxygen atoms in total. The molecule has 3 rings (SSSR count). The molecule has 24 heavy (non-hydrogen) atoms. The fraction of sp³-hybridized carbons (Fsp3) is 0.111. The molecule has 0 saturated carbocycles. The van der Waals surface area contributed by atoms with Gasteiger partial charge in [0.15, 0.2) is 5.58 Å². The molecule has 0 bridgehead atoms. The molecule has 0 aliphatic rings. The van der Waals surface area contributed by atoms with E-state index in [4.69, 9.17) is 4.42 Å². The van der Waals surface area contributed by atoms with E-state index >= 15 is 0 Å². The Hall–Kier alpha value is -3.28. The second-order valence-electron chi connectivity index (χ2n) is 5.39. The van der Waals surface area contributed by atoms with E-state index in [0.717, 1.165) is 5.56 Å². The highest BCUT2D eigenvalue weighted by Crippen LogP contribution is 2.19. The van der Waals surface area contributed by atoms with E-state index in [1.165, 1.54) is 4.57 Å². The van der Waals surface area contributed by atoms with Crippen LogP contribution < -0.4 is 16.4 Å². The number of aryl methyl sites for hydroxylation is 1. The number of rotatable bonds is 4. The molecule has 1 aromatic heterocycles. The first-order chi connectivity index (χ1) is 11.6. The molecule has 3 aromatic rings. The van der Waals surface area contributed by atoms with E-state index in [2.05, 4.69) is 17.2 Å². The zero-order chi connectivity index (χ0) is 17.1. The van der Waals surface area contributed by atoms with Crippen molar-refractivity contribution in [2.75, 3.05) is 10.6 Å². The summed E-state index contributed by atoms with van der Waals surface area (Å²) in [5.41, 5.74) is 3.42. The summed E-state index contributed by atoms with van der Waals surface area (Å²) in [7, 11) is 0. The van der Waals surface area contributed by atoms with Gasteiger partial charge in [-0.3, -0.25) is 4.57 Å². The van der Waals surface area contributed by atoms with Gasteiger partial charge in [0, 0.05) is 24.0 Å². The predicted molar refractivity (Wildman–Crippen MR) is 94.5 cm³/mol. The van der Waals surface area contributed by atoms with Crippen molar-refractivity contribution in [3.8, 4) is 0 Å². The van der Waals surface area contributed by atoms with Crippen LogP contribution in [0.4, 0.5) is 16.2 Å². The zero-order valence-electron chi connectivity index (χ0n) is 13.2. The van der Waals surface area contributed by atoms with Crippen LogP contribution in [0.3, 0.4) is 0 Å². The normalized spacial score (nSPS) is 10.5. The molecule has 2 amide bonds. The second-order valence-corrected chi connectivity index (χ2v) is 5.39. The summed E-state index contributed by atoms with van der Waals surface area (Å²) in [5.74, 6) is -0.453. The number of carbonyl (C=O) groups excluding carboxylic acids is 1. The van der Waals surface area contributed by atoms with Crippen molar-refractivity contribution in [3.05, 3.63) is 71.2 Å². The summed E-state index contributed by atoms with van der Waals surface area (Å²) in [5, 5.41) is 5.46. The molecular weight excluding hydrogens is 306 g/mol. The zero-order valence-corrected chi connectivity index (χ0v) is 13.2. The van der Waals surface area contributed by atoms with Crippen molar-refractivity contribution in [2.24, 2.45) is 0 Å². The van der Waals surface area contributed by atoms with Crippen LogP contribution in [0.1, 0.15) is 5.56 Å². The average molecular weight is 323 g/mol. The van der Waals surface area contributed by atoms with Crippen LogP contribution in [0.2, 0.25) is 0 Å². The highest BCUT2D eigenvalue weighted by Gasteiger charge is 2.10. The van der Waals surface area contributed by atoms with Gasteiger partial charge in [0.05, 0.1) is 5.52 Å². The lowest BCUT2D eigenvalue weighted by molar-refractivity contribution is 0.262. The maximum Gasteiger partial charge on any atom is 0.420 e. The standard InChI is InChI=1S/C18H17N3O3/c1-3-10-21-15-9-8-14(11-16(15)24-18(21)23)20-17(22)19-13-6-4-12(2)5-7-13/h3-9,11H,1,10H2,2H3,(H2,19,20,22). The van der Waals surface area contributed by atoms with Gasteiger partial charge in [-0.25, -0.2) is 9.59 Å². The number of amides is 2. The van der Waals surface area contributed by atoms with Crippen molar-refractivity contribution in [1.29, 1.82) is 0 Å². The van der Waals surface area contributed by atoms with Crippen molar-refractivity contribution >= 4 is 28.5 Å². The third-order valence-electron chi connectivity index (χ3n) is 3.55. The molecule has 2 aromatic carbocycles. The van der Waals surface area contributed by atoms with Gasteiger partial charge in [0.1, 0.15) is 0 Å². The van der Waals surface area contributed by atoms with E-state index < -0.39 is 5.76 Å². The van der Waals surface area contributed by atoms with Crippen molar-refractivity contribution in [3.63, 3.8) is 0 Å². The van der Waals surface area contributed by atoms with Crippen molar-refractivity contribution < 1.29 is 9.21 Å². The Morgan fingerprint density at radius 3 is 2.54 bits per heavy atom. The van der Waals surface area contributed by atoms with Crippen LogP contribution in [0, 0.1) is 6.92 Å². The molecule has 0 unspecified atom stereocenters. The van der Waals surface area contributed by atoms with Gasteiger partial charge in [-0.15, -0.1) is 6.58 Å². The van der Waals surface area contributed by atoms with Gasteiger partial charge < -0.3 is 15.1 Å². The fourth-order valence-electron chi connectivity index (χ4n) is 2.38. The van der Waals surface area contributed by atoms with E-state index in [9.17, 15) is 9.59 Å². The quantitative estimate of drug-likeness (QED) is 0.718. The summed E-state index contributed by atoms with van der Waals surface area (Å²) >= 11 is 0. The average Bonchev–Trinajstić information content (AvgIpc) is 2.85. The Morgan fingerprint density at radius 1 is 1.17 bits per heavy atom. The Balaban J connectivity index is 1.77. The monoisotopic (exact) mass is 323 g/mol. The lowest BCUT2D eigenvalue weighted by Gasteiger charge is -2.08. The maximum atomic E-state index is 12.0. The highest BCUT2D eigenvalue weighted by molar-refractivity contribution is 6.00. The van der Waals surface area contributed by atoms with Gasteiger partial charge >= 0.3 is 11.8 Å². The second kappa shape index (κ2) is 6.45. The van der Waals surface area contributed by atoms with Crippen molar-refractivity contribution in [1.82, 2.24) is 4.57 Å². The molecule has 0 radical (unpaired) electrons. The lowest BCUT2D eigenvalue weighted by atomic mass is 10.2. The third kappa shape index (κ3) is 3.22. The first kappa shape index (κ1) is 15.6.